The molecule has 9 nitrogen and oxygen atoms in total. The second kappa shape index (κ2) is 15.5. The molecule has 0 fully saturated rings. The number of rotatable bonds is 9. The second-order valence-electron chi connectivity index (χ2n) is 6.40. The molecule has 0 N–H and O–H groups in total. The summed E-state index contributed by atoms with van der Waals surface area (Å²) in [7, 11) is -3.19. The molecule has 1 aliphatic rings. The minimum absolute atomic E-state index is 0.264. The molecule has 0 aliphatic carbocycles. The second-order valence-corrected chi connectivity index (χ2v) is 8.56. The van der Waals surface area contributed by atoms with Gasteiger partial charge in [-0.3, -0.25) is 0 Å². The van der Waals surface area contributed by atoms with E-state index in [2.05, 4.69) is 0 Å². The fraction of sp³-hybridized carbons (Fsp3) is 0.714. The van der Waals surface area contributed by atoms with Crippen LogP contribution in [-0.2, 0) is 38.5 Å². The van der Waals surface area contributed by atoms with Gasteiger partial charge >= 0.3 is 9.05 Å². The molecular weight excluding hydrogens is 424 g/mol. The predicted octanol–water partition coefficient (Wildman–Crippen LogP) is 2.57. The highest BCUT2D eigenvalue weighted by molar-refractivity contribution is 6.53. The van der Waals surface area contributed by atoms with E-state index in [0.29, 0.717) is 84.2 Å². The van der Waals surface area contributed by atoms with Gasteiger partial charge in [-0.25, -0.2) is 0 Å². The van der Waals surface area contributed by atoms with Gasteiger partial charge in [-0.2, -0.15) is 0 Å². The van der Waals surface area contributed by atoms with Crippen molar-refractivity contribution in [1.29, 1.82) is 0 Å². The first-order valence-electron chi connectivity index (χ1n) is 10.9. The molecule has 0 saturated carbocycles. The van der Waals surface area contributed by atoms with Crippen LogP contribution < -0.4 is 9.47 Å². The molecule has 0 aromatic heterocycles. The van der Waals surface area contributed by atoms with Gasteiger partial charge < -0.3 is 41.4 Å². The molecule has 178 valence electrons. The maximum atomic E-state index is 6.03. The van der Waals surface area contributed by atoms with Crippen molar-refractivity contribution < 1.29 is 41.4 Å². The third-order valence-electron chi connectivity index (χ3n) is 4.10. The first kappa shape index (κ1) is 26.0. The summed E-state index contributed by atoms with van der Waals surface area (Å²) in [5.74, 6) is 1.26. The average Bonchev–Trinajstić information content (AvgIpc) is 2.77. The fourth-order valence-corrected chi connectivity index (χ4v) is 4.69. The van der Waals surface area contributed by atoms with E-state index < -0.39 is 9.05 Å². The Bertz CT molecular complexity index is 585. The summed E-state index contributed by atoms with van der Waals surface area (Å²) in [5.41, 5.74) is 0.891. The van der Waals surface area contributed by atoms with Gasteiger partial charge in [-0.05, 0) is 38.5 Å². The molecule has 10 heteroatoms. The maximum Gasteiger partial charge on any atom is 0.679 e. The van der Waals surface area contributed by atoms with E-state index in [1.54, 1.807) is 0 Å². The Labute approximate surface area is 186 Å². The van der Waals surface area contributed by atoms with Crippen LogP contribution in [0.2, 0.25) is 0 Å². The molecule has 0 saturated heterocycles. The lowest BCUT2D eigenvalue weighted by Gasteiger charge is -2.27. The van der Waals surface area contributed by atoms with Crippen molar-refractivity contribution in [2.75, 3.05) is 72.7 Å². The largest absolute Gasteiger partial charge is 0.679 e. The fourth-order valence-electron chi connectivity index (χ4n) is 2.79. The number of hydrogen-bond donors (Lipinski definition) is 0. The normalized spacial score (nSPS) is 17.0. The molecule has 2 rings (SSSR count). The van der Waals surface area contributed by atoms with Crippen molar-refractivity contribution >= 4 is 9.05 Å². The van der Waals surface area contributed by atoms with E-state index in [0.717, 1.165) is 5.56 Å². The molecule has 0 atom stereocenters. The summed E-state index contributed by atoms with van der Waals surface area (Å²) in [6.07, 6.45) is 0. The topological polar surface area (TPSA) is 83.1 Å². The highest BCUT2D eigenvalue weighted by Crippen LogP contribution is 2.29. The van der Waals surface area contributed by atoms with Gasteiger partial charge in [0.2, 0.25) is 0 Å². The molecule has 1 aromatic carbocycles. The van der Waals surface area contributed by atoms with E-state index in [1.807, 2.05) is 39.0 Å². The lowest BCUT2D eigenvalue weighted by atomic mass is 10.2. The standard InChI is InChI=1S/C21H36O9Si/c1-4-27-31(28-5-2,29-6-3)30-18-19-7-8-20-21(17-19)26-16-14-24-12-10-22-9-11-23-13-15-25-20/h7-8,17H,4-6,9-16,18H2,1-3H3. The highest BCUT2D eigenvalue weighted by atomic mass is 28.4. The summed E-state index contributed by atoms with van der Waals surface area (Å²) < 4.78 is 51.5. The zero-order chi connectivity index (χ0) is 22.2. The van der Waals surface area contributed by atoms with Crippen molar-refractivity contribution in [2.45, 2.75) is 27.4 Å². The van der Waals surface area contributed by atoms with Crippen LogP contribution in [0.4, 0.5) is 0 Å². The van der Waals surface area contributed by atoms with E-state index in [-0.39, 0.29) is 6.61 Å². The third kappa shape index (κ3) is 9.83. The minimum atomic E-state index is -3.19. The summed E-state index contributed by atoms with van der Waals surface area (Å²) in [5, 5.41) is 0. The van der Waals surface area contributed by atoms with Crippen LogP contribution in [0.25, 0.3) is 0 Å². The summed E-state index contributed by atoms with van der Waals surface area (Å²) in [6.45, 7) is 11.1. The molecule has 0 spiro atoms. The lowest BCUT2D eigenvalue weighted by Crippen LogP contribution is -2.49. The van der Waals surface area contributed by atoms with Gasteiger partial charge in [0.05, 0.1) is 46.2 Å². The van der Waals surface area contributed by atoms with Crippen LogP contribution in [0.1, 0.15) is 26.3 Å². The van der Waals surface area contributed by atoms with Crippen LogP contribution in [0, 0.1) is 0 Å². The molecule has 0 unspecified atom stereocenters. The van der Waals surface area contributed by atoms with Crippen molar-refractivity contribution in [1.82, 2.24) is 0 Å². The van der Waals surface area contributed by atoms with Crippen LogP contribution in [0.15, 0.2) is 18.2 Å². The minimum Gasteiger partial charge on any atom is -0.487 e. The van der Waals surface area contributed by atoms with E-state index in [1.165, 1.54) is 0 Å². The van der Waals surface area contributed by atoms with Crippen molar-refractivity contribution in [3.8, 4) is 11.5 Å². The maximum absolute atomic E-state index is 6.03. The van der Waals surface area contributed by atoms with Gasteiger partial charge in [0.25, 0.3) is 0 Å². The molecule has 0 radical (unpaired) electrons. The lowest BCUT2D eigenvalue weighted by molar-refractivity contribution is -0.0319. The van der Waals surface area contributed by atoms with Crippen LogP contribution in [-0.4, -0.2) is 81.7 Å². The van der Waals surface area contributed by atoms with Gasteiger partial charge in [-0.15, -0.1) is 0 Å². The number of hydrogen-bond acceptors (Lipinski definition) is 9. The van der Waals surface area contributed by atoms with Crippen LogP contribution in [0.3, 0.4) is 0 Å². The van der Waals surface area contributed by atoms with Crippen molar-refractivity contribution in [3.05, 3.63) is 23.8 Å². The Kier molecular flexibility index (Phi) is 13.0. The summed E-state index contributed by atoms with van der Waals surface area (Å²) >= 11 is 0. The molecule has 31 heavy (non-hydrogen) atoms. The Morgan fingerprint density at radius 1 is 0.645 bits per heavy atom. The number of benzene rings is 1. The molecule has 1 aliphatic heterocycles. The molecule has 1 aromatic rings. The van der Waals surface area contributed by atoms with Gasteiger partial charge in [0.1, 0.15) is 13.2 Å². The van der Waals surface area contributed by atoms with E-state index in [4.69, 9.17) is 41.4 Å². The zero-order valence-corrected chi connectivity index (χ0v) is 19.9. The van der Waals surface area contributed by atoms with Crippen LogP contribution in [0.5, 0.6) is 11.5 Å². The summed E-state index contributed by atoms with van der Waals surface area (Å²) in [6, 6.07) is 5.67. The van der Waals surface area contributed by atoms with Crippen LogP contribution >= 0.6 is 0 Å². The van der Waals surface area contributed by atoms with E-state index in [9.17, 15) is 0 Å². The Hall–Kier alpha value is -1.24. The highest BCUT2D eigenvalue weighted by Gasteiger charge is 2.44. The smallest absolute Gasteiger partial charge is 0.487 e. The van der Waals surface area contributed by atoms with Gasteiger partial charge in [-0.1, -0.05) is 6.07 Å². The quantitative estimate of drug-likeness (QED) is 0.516. The first-order valence-corrected chi connectivity index (χ1v) is 12.5. The Morgan fingerprint density at radius 2 is 1.13 bits per heavy atom. The SMILES string of the molecule is CCO[Si](OCC)(OCC)OCc1ccc2c(c1)OCCOCCOCCOCCO2. The number of ether oxygens (including phenoxy) is 5. The molecule has 0 amide bonds. The molecule has 1 heterocycles. The zero-order valence-electron chi connectivity index (χ0n) is 18.9. The molecular formula is C21H36O9Si. The monoisotopic (exact) mass is 460 g/mol. The first-order chi connectivity index (χ1) is 15.2. The average molecular weight is 461 g/mol. The Morgan fingerprint density at radius 3 is 1.65 bits per heavy atom. The van der Waals surface area contributed by atoms with Gasteiger partial charge in [0.15, 0.2) is 11.5 Å². The summed E-state index contributed by atoms with van der Waals surface area (Å²) in [4.78, 5) is 0. The Balaban J connectivity index is 2.05. The van der Waals surface area contributed by atoms with E-state index >= 15 is 0 Å². The predicted molar refractivity (Wildman–Crippen MR) is 115 cm³/mol. The number of fused-ring (bicyclic) bond motifs is 1. The third-order valence-corrected chi connectivity index (χ3v) is 6.53. The van der Waals surface area contributed by atoms with Crippen molar-refractivity contribution in [2.24, 2.45) is 0 Å². The van der Waals surface area contributed by atoms with Gasteiger partial charge in [0, 0.05) is 19.8 Å². The molecule has 0 bridgehead atoms. The van der Waals surface area contributed by atoms with Crippen molar-refractivity contribution in [3.63, 3.8) is 0 Å².